The Morgan fingerprint density at radius 1 is 0.840 bits per heavy atom. The van der Waals surface area contributed by atoms with Crippen molar-refractivity contribution in [3.8, 4) is 0 Å². The van der Waals surface area contributed by atoms with Gasteiger partial charge in [-0.3, -0.25) is 0 Å². The first-order valence-corrected chi connectivity index (χ1v) is 16.4. The molecule has 2 aliphatic rings. The quantitative estimate of drug-likeness (QED) is 0.260. The molecular weight excluding hydrogens is 481 g/mol. The minimum atomic E-state index is 0.771. The summed E-state index contributed by atoms with van der Waals surface area (Å²) in [7, 11) is 0. The van der Waals surface area contributed by atoms with Gasteiger partial charge in [0.25, 0.3) is 0 Å². The van der Waals surface area contributed by atoms with Crippen LogP contribution in [0.5, 0.6) is 0 Å². The van der Waals surface area contributed by atoms with Gasteiger partial charge < -0.3 is 0 Å². The van der Waals surface area contributed by atoms with Crippen LogP contribution in [0.4, 0.5) is 0 Å². The average molecular weight is 505 g/mol. The predicted molar refractivity (Wildman–Crippen MR) is 138 cm³/mol. The minimum Gasteiger partial charge on any atom is -0.178 e. The van der Waals surface area contributed by atoms with Gasteiger partial charge in [-0.2, -0.15) is 25.3 Å². The Morgan fingerprint density at radius 3 is 1.72 bits per heavy atom. The van der Waals surface area contributed by atoms with Gasteiger partial charge in [0.1, 0.15) is 0 Å². The molecule has 0 N–H and O–H groups in total. The van der Waals surface area contributed by atoms with Gasteiger partial charge in [0.15, 0.2) is 0 Å². The summed E-state index contributed by atoms with van der Waals surface area (Å²) in [5.41, 5.74) is 0. The second kappa shape index (κ2) is 12.3. The highest BCUT2D eigenvalue weighted by atomic mass is 32.2. The molecule has 2 aliphatic heterocycles. The zero-order chi connectivity index (χ0) is 17.5. The van der Waals surface area contributed by atoms with Crippen LogP contribution in [0.1, 0.15) is 12.8 Å². The summed E-state index contributed by atoms with van der Waals surface area (Å²) in [6.07, 6.45) is 2.63. The van der Waals surface area contributed by atoms with E-state index in [0.29, 0.717) is 0 Å². The molecule has 4 unspecified atom stereocenters. The van der Waals surface area contributed by atoms with Gasteiger partial charge >= 0.3 is 0 Å². The first-order valence-electron chi connectivity index (χ1n) is 8.38. The molecule has 0 spiro atoms. The topological polar surface area (TPSA) is 0 Å². The fourth-order valence-electron chi connectivity index (χ4n) is 2.48. The van der Waals surface area contributed by atoms with E-state index in [4.69, 9.17) is 0 Å². The summed E-state index contributed by atoms with van der Waals surface area (Å²) in [5.74, 6) is 7.12. The van der Waals surface area contributed by atoms with Gasteiger partial charge in [0, 0.05) is 45.0 Å². The Labute approximate surface area is 192 Å². The van der Waals surface area contributed by atoms with Gasteiger partial charge in [-0.1, -0.05) is 0 Å². The normalized spacial score (nSPS) is 29.5. The third kappa shape index (κ3) is 7.68. The zero-order valence-electron chi connectivity index (χ0n) is 13.9. The third-order valence-corrected chi connectivity index (χ3v) is 15.6. The summed E-state index contributed by atoms with van der Waals surface area (Å²) in [5, 5.41) is 1.54. The number of hydrogen-bond acceptors (Lipinski definition) is 9. The summed E-state index contributed by atoms with van der Waals surface area (Å²) >= 11 is 23.5. The Balaban J connectivity index is 1.28. The van der Waals surface area contributed by atoms with E-state index in [0.717, 1.165) is 31.2 Å². The van der Waals surface area contributed by atoms with Crippen molar-refractivity contribution in [2.24, 2.45) is 0 Å². The maximum absolute atomic E-state index is 4.43. The van der Waals surface area contributed by atoms with Crippen molar-refractivity contribution in [1.29, 1.82) is 0 Å². The molecular formula is C16H24S9. The number of hydrogen-bond donors (Lipinski definition) is 2. The second-order valence-electron chi connectivity index (χ2n) is 5.75. The van der Waals surface area contributed by atoms with Crippen molar-refractivity contribution >= 4 is 107 Å². The molecule has 25 heavy (non-hydrogen) atoms. The maximum Gasteiger partial charge on any atom is 0.0610 e. The number of rotatable bonds is 10. The molecule has 1 aromatic rings. The lowest BCUT2D eigenvalue weighted by atomic mass is 10.5. The van der Waals surface area contributed by atoms with E-state index in [1.54, 1.807) is 0 Å². The Bertz CT molecular complexity index is 463. The zero-order valence-corrected chi connectivity index (χ0v) is 21.4. The van der Waals surface area contributed by atoms with Crippen molar-refractivity contribution in [1.82, 2.24) is 0 Å². The van der Waals surface area contributed by atoms with E-state index in [1.165, 1.54) is 44.3 Å². The van der Waals surface area contributed by atoms with Gasteiger partial charge in [0.2, 0.25) is 0 Å². The van der Waals surface area contributed by atoms with Crippen LogP contribution in [0, 0.1) is 0 Å². The molecule has 0 aromatic carbocycles. The summed E-state index contributed by atoms with van der Waals surface area (Å²) in [4.78, 5) is 0. The fraction of sp³-hybridized carbons (Fsp3) is 0.750. The first-order chi connectivity index (χ1) is 12.3. The molecule has 4 atom stereocenters. The van der Waals surface area contributed by atoms with Gasteiger partial charge in [-0.15, -0.1) is 81.9 Å². The van der Waals surface area contributed by atoms with E-state index in [9.17, 15) is 0 Å². The molecule has 1 aromatic heterocycles. The standard InChI is InChI=1S/C16H24S9/c17-7-11-9-21-15(23-11)3-5-19-13-1-2-14(25-13)20-6-4-16-22-10-12(8-18)24-16/h1-2,11-12,15-18H,3-10H2. The van der Waals surface area contributed by atoms with Crippen LogP contribution >= 0.6 is 107 Å². The molecule has 3 rings (SSSR count). The van der Waals surface area contributed by atoms with E-state index in [1.807, 2.05) is 34.9 Å². The van der Waals surface area contributed by atoms with Crippen molar-refractivity contribution in [2.45, 2.75) is 40.9 Å². The highest BCUT2D eigenvalue weighted by Gasteiger charge is 2.25. The average Bonchev–Trinajstić information content (AvgIpc) is 3.36. The smallest absolute Gasteiger partial charge is 0.0610 e. The monoisotopic (exact) mass is 504 g/mol. The van der Waals surface area contributed by atoms with Gasteiger partial charge in [0.05, 0.1) is 17.6 Å². The van der Waals surface area contributed by atoms with Crippen molar-refractivity contribution in [3.05, 3.63) is 12.1 Å². The minimum absolute atomic E-state index is 0.771. The lowest BCUT2D eigenvalue weighted by molar-refractivity contribution is 1.08. The van der Waals surface area contributed by atoms with Crippen LogP contribution in [0.25, 0.3) is 0 Å². The van der Waals surface area contributed by atoms with Gasteiger partial charge in [-0.05, 0) is 25.0 Å². The van der Waals surface area contributed by atoms with Gasteiger partial charge in [-0.25, -0.2) is 0 Å². The highest BCUT2D eigenvalue weighted by Crippen LogP contribution is 2.43. The van der Waals surface area contributed by atoms with Crippen molar-refractivity contribution in [3.63, 3.8) is 0 Å². The van der Waals surface area contributed by atoms with Crippen molar-refractivity contribution < 1.29 is 0 Å². The molecule has 2 fully saturated rings. The summed E-state index contributed by atoms with van der Waals surface area (Å²) in [6.45, 7) is 0. The van der Waals surface area contributed by atoms with E-state index in [2.05, 4.69) is 84.4 Å². The number of thiophene rings is 1. The molecule has 0 amide bonds. The Morgan fingerprint density at radius 2 is 1.32 bits per heavy atom. The largest absolute Gasteiger partial charge is 0.178 e. The van der Waals surface area contributed by atoms with Crippen LogP contribution in [-0.2, 0) is 0 Å². The molecule has 0 saturated carbocycles. The van der Waals surface area contributed by atoms with Crippen LogP contribution in [-0.4, -0.2) is 54.2 Å². The molecule has 0 nitrogen and oxygen atoms in total. The summed E-state index contributed by atoms with van der Waals surface area (Å²) in [6, 6.07) is 4.64. The molecule has 0 aliphatic carbocycles. The second-order valence-corrected chi connectivity index (χ2v) is 16.4. The van der Waals surface area contributed by atoms with E-state index >= 15 is 0 Å². The van der Waals surface area contributed by atoms with Crippen molar-refractivity contribution in [2.75, 3.05) is 34.5 Å². The number of thiol groups is 2. The molecule has 2 saturated heterocycles. The molecule has 0 bridgehead atoms. The predicted octanol–water partition coefficient (Wildman–Crippen LogP) is 6.92. The van der Waals surface area contributed by atoms with Crippen LogP contribution < -0.4 is 0 Å². The maximum atomic E-state index is 4.43. The van der Waals surface area contributed by atoms with Crippen LogP contribution in [0.3, 0.4) is 0 Å². The molecule has 142 valence electrons. The lowest BCUT2D eigenvalue weighted by Crippen LogP contribution is -2.02. The highest BCUT2D eigenvalue weighted by molar-refractivity contribution is 8.21. The molecule has 0 radical (unpaired) electrons. The molecule has 3 heterocycles. The Kier molecular flexibility index (Phi) is 10.9. The van der Waals surface area contributed by atoms with Crippen LogP contribution in [0.15, 0.2) is 20.6 Å². The lowest BCUT2D eigenvalue weighted by Gasteiger charge is -2.08. The third-order valence-electron chi connectivity index (χ3n) is 3.78. The summed E-state index contributed by atoms with van der Waals surface area (Å²) < 4.78 is 4.56. The fourth-order valence-corrected chi connectivity index (χ4v) is 14.1. The number of thioether (sulfide) groups is 6. The van der Waals surface area contributed by atoms with Crippen LogP contribution in [0.2, 0.25) is 0 Å². The Hall–Kier alpha value is 2.50. The SMILES string of the molecule is SCC1CSC(CCSc2ccc(SCCC3SCC(CS)S3)s2)S1. The molecule has 9 heteroatoms. The first kappa shape index (κ1) is 22.2. The van der Waals surface area contributed by atoms with E-state index in [-0.39, 0.29) is 0 Å². The van der Waals surface area contributed by atoms with E-state index < -0.39 is 0 Å².